The molecule has 166 valence electrons. The highest BCUT2D eigenvalue weighted by Crippen LogP contribution is 2.29. The third kappa shape index (κ3) is 6.02. The molecule has 0 amide bonds. The molecular weight excluding hydrogens is 400 g/mol. The topological polar surface area (TPSA) is 15.3 Å². The van der Waals surface area contributed by atoms with Gasteiger partial charge in [-0.3, -0.25) is 0 Å². The predicted octanol–water partition coefficient (Wildman–Crippen LogP) is 8.64. The Morgan fingerprint density at radius 1 is 0.545 bits per heavy atom. The lowest BCUT2D eigenvalue weighted by atomic mass is 10.0. The highest BCUT2D eigenvalue weighted by atomic mass is 15.1. The lowest BCUT2D eigenvalue weighted by Crippen LogP contribution is -2.09. The second-order valence-corrected chi connectivity index (χ2v) is 7.80. The van der Waals surface area contributed by atoms with Gasteiger partial charge in [-0.15, -0.1) is 0 Å². The number of nitrogens with one attached hydrogen (secondary N) is 1. The zero-order chi connectivity index (χ0) is 22.2. The van der Waals surface area contributed by atoms with E-state index in [-0.39, 0.29) is 7.43 Å². The van der Waals surface area contributed by atoms with Crippen molar-refractivity contribution in [2.24, 2.45) is 0 Å². The molecular formula is C31H32N2. The molecule has 1 N–H and O–H groups in total. The molecule has 0 aliphatic carbocycles. The lowest BCUT2D eigenvalue weighted by molar-refractivity contribution is 1.13. The summed E-state index contributed by atoms with van der Waals surface area (Å²) in [6, 6.07) is 43.9. The van der Waals surface area contributed by atoms with E-state index < -0.39 is 0 Å². The molecule has 33 heavy (non-hydrogen) atoms. The van der Waals surface area contributed by atoms with Gasteiger partial charge in [-0.1, -0.05) is 111 Å². The molecule has 2 heteroatoms. The second kappa shape index (κ2) is 11.5. The largest absolute Gasteiger partial charge is 0.377 e. The van der Waals surface area contributed by atoms with Crippen molar-refractivity contribution in [2.45, 2.75) is 7.43 Å². The SMILES string of the molecule is C.CN(C)c1ccccc1-c1ccccc1.c1ccc(Nc2cccc3ccccc23)cc1. The normalized spacial score (nSPS) is 9.88. The minimum absolute atomic E-state index is 0. The van der Waals surface area contributed by atoms with Crippen molar-refractivity contribution in [1.82, 2.24) is 0 Å². The Balaban J connectivity index is 0.000000182. The molecule has 0 saturated heterocycles. The summed E-state index contributed by atoms with van der Waals surface area (Å²) in [4.78, 5) is 2.14. The zero-order valence-corrected chi connectivity index (χ0v) is 18.6. The van der Waals surface area contributed by atoms with Crippen LogP contribution in [0.2, 0.25) is 0 Å². The van der Waals surface area contributed by atoms with E-state index in [0.717, 1.165) is 11.4 Å². The Hall–Kier alpha value is -4.04. The van der Waals surface area contributed by atoms with Gasteiger partial charge in [-0.25, -0.2) is 0 Å². The average Bonchev–Trinajstić information content (AvgIpc) is 2.86. The predicted molar refractivity (Wildman–Crippen MR) is 147 cm³/mol. The molecule has 0 aliphatic heterocycles. The van der Waals surface area contributed by atoms with Crippen molar-refractivity contribution in [3.05, 3.63) is 127 Å². The van der Waals surface area contributed by atoms with Gasteiger partial charge in [0.1, 0.15) is 0 Å². The van der Waals surface area contributed by atoms with E-state index in [9.17, 15) is 0 Å². The first-order valence-electron chi connectivity index (χ1n) is 10.8. The Labute approximate surface area is 198 Å². The molecule has 0 aliphatic rings. The van der Waals surface area contributed by atoms with Gasteiger partial charge in [0, 0.05) is 42.1 Å². The molecule has 5 rings (SSSR count). The molecule has 0 aromatic heterocycles. The molecule has 0 fully saturated rings. The monoisotopic (exact) mass is 432 g/mol. The van der Waals surface area contributed by atoms with Gasteiger partial charge in [-0.2, -0.15) is 0 Å². The van der Waals surface area contributed by atoms with Crippen LogP contribution in [-0.4, -0.2) is 14.1 Å². The van der Waals surface area contributed by atoms with Crippen LogP contribution >= 0.6 is 0 Å². The highest BCUT2D eigenvalue weighted by Gasteiger charge is 2.04. The summed E-state index contributed by atoms with van der Waals surface area (Å²) in [6.45, 7) is 0. The summed E-state index contributed by atoms with van der Waals surface area (Å²) < 4.78 is 0. The van der Waals surface area contributed by atoms with Crippen LogP contribution < -0.4 is 10.2 Å². The minimum Gasteiger partial charge on any atom is -0.377 e. The van der Waals surface area contributed by atoms with Gasteiger partial charge < -0.3 is 10.2 Å². The Morgan fingerprint density at radius 3 is 1.85 bits per heavy atom. The zero-order valence-electron chi connectivity index (χ0n) is 18.6. The first-order chi connectivity index (χ1) is 15.7. The Bertz CT molecular complexity index is 1260. The van der Waals surface area contributed by atoms with Gasteiger partial charge in [-0.05, 0) is 35.2 Å². The number of anilines is 3. The summed E-state index contributed by atoms with van der Waals surface area (Å²) in [5, 5.41) is 5.95. The van der Waals surface area contributed by atoms with E-state index in [1.807, 2.05) is 24.3 Å². The van der Waals surface area contributed by atoms with Crippen molar-refractivity contribution in [2.75, 3.05) is 24.3 Å². The van der Waals surface area contributed by atoms with Crippen LogP contribution in [-0.2, 0) is 0 Å². The fourth-order valence-electron chi connectivity index (χ4n) is 3.74. The van der Waals surface area contributed by atoms with Crippen LogP contribution in [0.3, 0.4) is 0 Å². The molecule has 0 spiro atoms. The fraction of sp³-hybridized carbons (Fsp3) is 0.0968. The first kappa shape index (κ1) is 23.6. The van der Waals surface area contributed by atoms with Crippen molar-refractivity contribution in [1.29, 1.82) is 0 Å². The fourth-order valence-corrected chi connectivity index (χ4v) is 3.74. The molecule has 5 aromatic rings. The number of benzene rings is 5. The summed E-state index contributed by atoms with van der Waals surface area (Å²) >= 11 is 0. The summed E-state index contributed by atoms with van der Waals surface area (Å²) in [5.74, 6) is 0. The van der Waals surface area contributed by atoms with Crippen molar-refractivity contribution in [3.8, 4) is 11.1 Å². The van der Waals surface area contributed by atoms with Gasteiger partial charge in [0.05, 0.1) is 0 Å². The molecule has 0 heterocycles. The third-order valence-electron chi connectivity index (χ3n) is 5.31. The van der Waals surface area contributed by atoms with E-state index in [0.29, 0.717) is 0 Å². The molecule has 0 atom stereocenters. The van der Waals surface area contributed by atoms with Crippen LogP contribution in [0, 0.1) is 0 Å². The maximum Gasteiger partial charge on any atom is 0.0463 e. The average molecular weight is 433 g/mol. The maximum atomic E-state index is 3.45. The second-order valence-electron chi connectivity index (χ2n) is 7.80. The smallest absolute Gasteiger partial charge is 0.0463 e. The highest BCUT2D eigenvalue weighted by molar-refractivity contribution is 5.95. The maximum absolute atomic E-state index is 3.45. The lowest BCUT2D eigenvalue weighted by Gasteiger charge is -2.17. The standard InChI is InChI=1S/C16H13N.C14H15N.CH4/c1-2-9-14(10-3-1)17-16-12-6-8-13-7-4-5-11-15(13)16;1-15(2)14-11-7-6-10-13(14)12-8-4-3-5-9-12;/h1-12,17H;3-11H,1-2H3;1H4. The van der Waals surface area contributed by atoms with Crippen molar-refractivity contribution >= 4 is 27.8 Å². The van der Waals surface area contributed by atoms with Crippen LogP contribution in [0.5, 0.6) is 0 Å². The van der Waals surface area contributed by atoms with E-state index in [1.54, 1.807) is 0 Å². The summed E-state index contributed by atoms with van der Waals surface area (Å²) in [6.07, 6.45) is 0. The molecule has 0 saturated carbocycles. The van der Waals surface area contributed by atoms with Crippen LogP contribution in [0.1, 0.15) is 7.43 Å². The minimum atomic E-state index is 0. The van der Waals surface area contributed by atoms with Crippen LogP contribution in [0.4, 0.5) is 17.1 Å². The number of hydrogen-bond donors (Lipinski definition) is 1. The van der Waals surface area contributed by atoms with Gasteiger partial charge >= 0.3 is 0 Å². The van der Waals surface area contributed by atoms with Crippen LogP contribution in [0.25, 0.3) is 21.9 Å². The number of rotatable bonds is 4. The number of para-hydroxylation sites is 2. The quantitative estimate of drug-likeness (QED) is 0.306. The molecule has 2 nitrogen and oxygen atoms in total. The number of hydrogen-bond acceptors (Lipinski definition) is 2. The first-order valence-corrected chi connectivity index (χ1v) is 10.8. The van der Waals surface area contributed by atoms with Crippen molar-refractivity contribution in [3.63, 3.8) is 0 Å². The Kier molecular flexibility index (Phi) is 8.26. The van der Waals surface area contributed by atoms with E-state index in [2.05, 4.69) is 127 Å². The summed E-state index contributed by atoms with van der Waals surface area (Å²) in [5.41, 5.74) is 6.06. The molecule has 0 radical (unpaired) electrons. The third-order valence-corrected chi connectivity index (χ3v) is 5.31. The molecule has 0 bridgehead atoms. The van der Waals surface area contributed by atoms with E-state index in [4.69, 9.17) is 0 Å². The number of fused-ring (bicyclic) bond motifs is 1. The van der Waals surface area contributed by atoms with Crippen molar-refractivity contribution < 1.29 is 0 Å². The van der Waals surface area contributed by atoms with E-state index in [1.165, 1.54) is 27.6 Å². The molecule has 5 aromatic carbocycles. The van der Waals surface area contributed by atoms with Crippen LogP contribution in [0.15, 0.2) is 127 Å². The number of nitrogens with zero attached hydrogens (tertiary/aromatic N) is 1. The van der Waals surface area contributed by atoms with Gasteiger partial charge in [0.2, 0.25) is 0 Å². The van der Waals surface area contributed by atoms with Gasteiger partial charge in [0.25, 0.3) is 0 Å². The molecule has 0 unspecified atom stereocenters. The van der Waals surface area contributed by atoms with E-state index >= 15 is 0 Å². The van der Waals surface area contributed by atoms with Gasteiger partial charge in [0.15, 0.2) is 0 Å². The summed E-state index contributed by atoms with van der Waals surface area (Å²) in [7, 11) is 4.14. The Morgan fingerprint density at radius 2 is 1.12 bits per heavy atom.